The summed E-state index contributed by atoms with van der Waals surface area (Å²) in [6.07, 6.45) is -1.10. The molecule has 1 aromatic heterocycles. The molecule has 0 spiro atoms. The number of aromatic nitrogens is 2. The lowest BCUT2D eigenvalue weighted by molar-refractivity contribution is -0.0668. The Morgan fingerprint density at radius 1 is 1.30 bits per heavy atom. The van der Waals surface area contributed by atoms with Gasteiger partial charge in [-0.25, -0.2) is 4.68 Å². The number of fused-ring (bicyclic) bond motifs is 1. The van der Waals surface area contributed by atoms with Crippen molar-refractivity contribution in [3.05, 3.63) is 62.2 Å². The molecule has 1 aliphatic heterocycles. The van der Waals surface area contributed by atoms with Crippen molar-refractivity contribution in [1.82, 2.24) is 9.78 Å². The van der Waals surface area contributed by atoms with Crippen LogP contribution in [0, 0.1) is 11.3 Å². The fraction of sp³-hybridized carbons (Fsp3) is 0.312. The standard InChI is InChI=1S/C16H15N3O4/c1-16(2)15(22)14(19-13(21)6-5-12(20)18-19)10-7-9(8-17)3-4-11(10)23-16/h3-7,14-15,22H,1-2H3,(H,18,20)/t14-,15+/m0/s1. The molecule has 0 fully saturated rings. The predicted octanol–water partition coefficient (Wildman–Crippen LogP) is 0.530. The number of hydrogen-bond donors (Lipinski definition) is 2. The summed E-state index contributed by atoms with van der Waals surface area (Å²) in [5.74, 6) is 0.459. The van der Waals surface area contributed by atoms with E-state index >= 15 is 0 Å². The Balaban J connectivity index is 2.30. The molecular weight excluding hydrogens is 298 g/mol. The Morgan fingerprint density at radius 3 is 2.74 bits per heavy atom. The highest BCUT2D eigenvalue weighted by Crippen LogP contribution is 2.41. The fourth-order valence-electron chi connectivity index (χ4n) is 2.76. The molecule has 0 saturated heterocycles. The van der Waals surface area contributed by atoms with Gasteiger partial charge in [-0.05, 0) is 32.0 Å². The van der Waals surface area contributed by atoms with Crippen LogP contribution in [0.1, 0.15) is 31.0 Å². The summed E-state index contributed by atoms with van der Waals surface area (Å²) in [7, 11) is 0. The number of nitrogens with zero attached hydrogens (tertiary/aromatic N) is 2. The summed E-state index contributed by atoms with van der Waals surface area (Å²) in [5.41, 5.74) is -1.05. The van der Waals surface area contributed by atoms with Gasteiger partial charge in [0.1, 0.15) is 23.5 Å². The normalized spacial score (nSPS) is 21.8. The number of benzene rings is 1. The van der Waals surface area contributed by atoms with Crippen molar-refractivity contribution >= 4 is 0 Å². The van der Waals surface area contributed by atoms with Crippen molar-refractivity contribution in [2.24, 2.45) is 0 Å². The Kier molecular flexibility index (Phi) is 3.34. The molecular formula is C16H15N3O4. The second kappa shape index (κ2) is 5.11. The average molecular weight is 313 g/mol. The van der Waals surface area contributed by atoms with E-state index in [0.717, 1.165) is 16.8 Å². The summed E-state index contributed by atoms with van der Waals surface area (Å²) in [4.78, 5) is 23.8. The van der Waals surface area contributed by atoms with Crippen LogP contribution in [0.3, 0.4) is 0 Å². The Bertz CT molecular complexity index is 920. The largest absolute Gasteiger partial charge is 0.485 e. The molecule has 0 aliphatic carbocycles. The highest BCUT2D eigenvalue weighted by molar-refractivity contribution is 5.46. The van der Waals surface area contributed by atoms with Gasteiger partial charge in [0.2, 0.25) is 0 Å². The zero-order valence-electron chi connectivity index (χ0n) is 12.6. The maximum atomic E-state index is 12.2. The maximum absolute atomic E-state index is 12.2. The van der Waals surface area contributed by atoms with Crippen LogP contribution >= 0.6 is 0 Å². The minimum Gasteiger partial charge on any atom is -0.485 e. The summed E-state index contributed by atoms with van der Waals surface area (Å²) in [6, 6.07) is 8.20. The van der Waals surface area contributed by atoms with Crippen LogP contribution in [0.2, 0.25) is 0 Å². The number of nitrogens with one attached hydrogen (secondary N) is 1. The molecule has 2 atom stereocenters. The Labute approximate surface area is 131 Å². The molecule has 7 nitrogen and oxygen atoms in total. The molecule has 7 heteroatoms. The zero-order chi connectivity index (χ0) is 16.8. The van der Waals surface area contributed by atoms with Gasteiger partial charge < -0.3 is 9.84 Å². The number of H-pyrrole nitrogens is 1. The molecule has 1 aliphatic rings. The van der Waals surface area contributed by atoms with Crippen molar-refractivity contribution in [2.75, 3.05) is 0 Å². The molecule has 0 unspecified atom stereocenters. The lowest BCUT2D eigenvalue weighted by Gasteiger charge is -2.42. The van der Waals surface area contributed by atoms with Gasteiger partial charge in [0.25, 0.3) is 11.1 Å². The number of nitriles is 1. The monoisotopic (exact) mass is 313 g/mol. The molecule has 23 heavy (non-hydrogen) atoms. The van der Waals surface area contributed by atoms with Crippen LogP contribution in [0.5, 0.6) is 5.75 Å². The van der Waals surface area contributed by atoms with Gasteiger partial charge in [-0.1, -0.05) is 0 Å². The summed E-state index contributed by atoms with van der Waals surface area (Å²) in [5, 5.41) is 22.2. The first kappa shape index (κ1) is 15.1. The molecule has 2 N–H and O–H groups in total. The first-order valence-corrected chi connectivity index (χ1v) is 7.06. The van der Waals surface area contributed by atoms with Crippen LogP contribution in [-0.4, -0.2) is 26.6 Å². The molecule has 118 valence electrons. The van der Waals surface area contributed by atoms with Gasteiger partial charge >= 0.3 is 0 Å². The molecule has 1 aromatic carbocycles. The number of aliphatic hydroxyl groups excluding tert-OH is 1. The third kappa shape index (κ3) is 2.43. The summed E-state index contributed by atoms with van der Waals surface area (Å²) < 4.78 is 6.87. The summed E-state index contributed by atoms with van der Waals surface area (Å²) in [6.45, 7) is 3.38. The zero-order valence-corrected chi connectivity index (χ0v) is 12.6. The van der Waals surface area contributed by atoms with Crippen LogP contribution in [0.15, 0.2) is 39.9 Å². The highest BCUT2D eigenvalue weighted by atomic mass is 16.5. The SMILES string of the molecule is CC1(C)Oc2ccc(C#N)cc2[C@H](n2[nH]c(=O)ccc2=O)[C@H]1O. The lowest BCUT2D eigenvalue weighted by atomic mass is 9.86. The Hall–Kier alpha value is -2.85. The first-order valence-electron chi connectivity index (χ1n) is 7.06. The molecule has 0 amide bonds. The van der Waals surface area contributed by atoms with Crippen LogP contribution < -0.4 is 15.9 Å². The van der Waals surface area contributed by atoms with E-state index in [0.29, 0.717) is 16.9 Å². The van der Waals surface area contributed by atoms with Crippen molar-refractivity contribution in [2.45, 2.75) is 31.6 Å². The molecule has 2 heterocycles. The van der Waals surface area contributed by atoms with Gasteiger partial charge in [0.05, 0.1) is 11.6 Å². The van der Waals surface area contributed by atoms with E-state index in [2.05, 4.69) is 5.10 Å². The third-order valence-corrected chi connectivity index (χ3v) is 3.97. The minimum atomic E-state index is -1.10. The molecule has 3 rings (SSSR count). The van der Waals surface area contributed by atoms with E-state index in [4.69, 9.17) is 10.00 Å². The molecule has 0 radical (unpaired) electrons. The quantitative estimate of drug-likeness (QED) is 0.798. The maximum Gasteiger partial charge on any atom is 0.265 e. The molecule has 2 aromatic rings. The average Bonchev–Trinajstić information content (AvgIpc) is 2.51. The topological polar surface area (TPSA) is 108 Å². The van der Waals surface area contributed by atoms with E-state index in [-0.39, 0.29) is 0 Å². The Morgan fingerprint density at radius 2 is 2.04 bits per heavy atom. The number of aliphatic hydroxyl groups is 1. The van der Waals surface area contributed by atoms with Crippen LogP contribution in [0.4, 0.5) is 0 Å². The number of rotatable bonds is 1. The molecule has 0 bridgehead atoms. The van der Waals surface area contributed by atoms with E-state index in [1.165, 1.54) is 0 Å². The van der Waals surface area contributed by atoms with E-state index in [1.807, 2.05) is 6.07 Å². The fourth-order valence-corrected chi connectivity index (χ4v) is 2.76. The smallest absolute Gasteiger partial charge is 0.265 e. The van der Waals surface area contributed by atoms with E-state index < -0.39 is 28.9 Å². The predicted molar refractivity (Wildman–Crippen MR) is 81.3 cm³/mol. The van der Waals surface area contributed by atoms with Crippen LogP contribution in [-0.2, 0) is 0 Å². The van der Waals surface area contributed by atoms with E-state index in [1.54, 1.807) is 32.0 Å². The van der Waals surface area contributed by atoms with Crippen molar-refractivity contribution < 1.29 is 9.84 Å². The van der Waals surface area contributed by atoms with Crippen molar-refractivity contribution in [3.8, 4) is 11.8 Å². The number of aromatic amines is 1. The highest BCUT2D eigenvalue weighted by Gasteiger charge is 2.44. The van der Waals surface area contributed by atoms with Gasteiger partial charge in [0.15, 0.2) is 0 Å². The van der Waals surface area contributed by atoms with Gasteiger partial charge in [-0.2, -0.15) is 5.26 Å². The second-order valence-corrected chi connectivity index (χ2v) is 5.98. The van der Waals surface area contributed by atoms with Gasteiger partial charge in [-0.15, -0.1) is 0 Å². The molecule has 0 saturated carbocycles. The minimum absolute atomic E-state index is 0.371. The van der Waals surface area contributed by atoms with Crippen molar-refractivity contribution in [3.63, 3.8) is 0 Å². The van der Waals surface area contributed by atoms with Crippen molar-refractivity contribution in [1.29, 1.82) is 5.26 Å². The van der Waals surface area contributed by atoms with E-state index in [9.17, 15) is 14.7 Å². The van der Waals surface area contributed by atoms with Crippen LogP contribution in [0.25, 0.3) is 0 Å². The first-order chi connectivity index (χ1) is 10.8. The summed E-state index contributed by atoms with van der Waals surface area (Å²) >= 11 is 0. The third-order valence-electron chi connectivity index (χ3n) is 3.97. The van der Waals surface area contributed by atoms with Gasteiger partial charge in [-0.3, -0.25) is 14.7 Å². The number of ether oxygens (including phenoxy) is 1. The van der Waals surface area contributed by atoms with Gasteiger partial charge in [0, 0.05) is 17.7 Å². The lowest BCUT2D eigenvalue weighted by Crippen LogP contribution is -2.53. The number of hydrogen-bond acceptors (Lipinski definition) is 5. The second-order valence-electron chi connectivity index (χ2n) is 5.98.